The van der Waals surface area contributed by atoms with Crippen molar-refractivity contribution in [2.24, 2.45) is 0 Å². The number of nitrogens with one attached hydrogen (secondary N) is 1. The molecule has 24 heavy (non-hydrogen) atoms. The van der Waals surface area contributed by atoms with Gasteiger partial charge in [0.25, 0.3) is 0 Å². The van der Waals surface area contributed by atoms with Gasteiger partial charge in [-0.1, -0.05) is 18.2 Å². The van der Waals surface area contributed by atoms with Crippen LogP contribution in [0.2, 0.25) is 0 Å². The maximum absolute atomic E-state index is 4.91. The van der Waals surface area contributed by atoms with Gasteiger partial charge < -0.3 is 5.32 Å². The maximum atomic E-state index is 4.91. The van der Waals surface area contributed by atoms with Gasteiger partial charge in [-0.25, -0.2) is 0 Å². The Kier molecular flexibility index (Phi) is 6.55. The van der Waals surface area contributed by atoms with Gasteiger partial charge in [-0.05, 0) is 49.7 Å². The first kappa shape index (κ1) is 18.7. The quantitative estimate of drug-likeness (QED) is 0.724. The Bertz CT molecular complexity index is 801. The van der Waals surface area contributed by atoms with Crippen molar-refractivity contribution in [2.75, 3.05) is 13.1 Å². The van der Waals surface area contributed by atoms with Gasteiger partial charge in [0.2, 0.25) is 0 Å². The van der Waals surface area contributed by atoms with E-state index in [2.05, 4.69) is 52.8 Å². The first-order chi connectivity index (χ1) is 10.9. The van der Waals surface area contributed by atoms with E-state index in [9.17, 15) is 0 Å². The topological polar surface area (TPSA) is 37.8 Å². The lowest BCUT2D eigenvalue weighted by Gasteiger charge is -2.22. The molecule has 2 aromatic heterocycles. The molecule has 1 atom stereocenters. The summed E-state index contributed by atoms with van der Waals surface area (Å²) in [7, 11) is 0. The predicted molar refractivity (Wildman–Crippen MR) is 104 cm³/mol. The van der Waals surface area contributed by atoms with Crippen molar-refractivity contribution in [3.8, 4) is 11.3 Å². The summed E-state index contributed by atoms with van der Waals surface area (Å²) in [6.45, 7) is 2.17. The first-order valence-electron chi connectivity index (χ1n) is 7.93. The Balaban J connectivity index is 0.00000104. The lowest BCUT2D eigenvalue weighted by Crippen LogP contribution is -2.28. The van der Waals surface area contributed by atoms with Crippen molar-refractivity contribution >= 4 is 35.7 Å². The standard InChI is InChI=1S/C19H19N3.2ClH/c1-6-18(22-19(7-1)16-5-2-10-20-13-16)15-8-9-17-14(12-15)4-3-11-21-17;;/h1,3-4,6-9,11-12,16,20H,2,5,10,13H2;2*1H. The summed E-state index contributed by atoms with van der Waals surface area (Å²) in [5.41, 5.74) is 4.44. The molecular formula is C19H21Cl2N3. The van der Waals surface area contributed by atoms with Crippen LogP contribution in [0.1, 0.15) is 24.5 Å². The Morgan fingerprint density at radius 3 is 2.75 bits per heavy atom. The van der Waals surface area contributed by atoms with Crippen molar-refractivity contribution in [2.45, 2.75) is 18.8 Å². The molecule has 1 aliphatic rings. The summed E-state index contributed by atoms with van der Waals surface area (Å²) < 4.78 is 0. The number of aromatic nitrogens is 2. The highest BCUT2D eigenvalue weighted by molar-refractivity contribution is 5.85. The summed E-state index contributed by atoms with van der Waals surface area (Å²) in [4.78, 5) is 9.29. The Labute approximate surface area is 154 Å². The van der Waals surface area contributed by atoms with Crippen molar-refractivity contribution in [1.29, 1.82) is 0 Å². The van der Waals surface area contributed by atoms with E-state index in [-0.39, 0.29) is 24.8 Å². The van der Waals surface area contributed by atoms with Gasteiger partial charge in [0.05, 0.1) is 11.2 Å². The third-order valence-electron chi connectivity index (χ3n) is 4.38. The molecule has 126 valence electrons. The van der Waals surface area contributed by atoms with Crippen molar-refractivity contribution in [3.05, 3.63) is 60.4 Å². The van der Waals surface area contributed by atoms with E-state index in [1.807, 2.05) is 12.3 Å². The van der Waals surface area contributed by atoms with Gasteiger partial charge in [0.15, 0.2) is 0 Å². The van der Waals surface area contributed by atoms with Gasteiger partial charge in [0.1, 0.15) is 0 Å². The molecule has 5 heteroatoms. The summed E-state index contributed by atoms with van der Waals surface area (Å²) >= 11 is 0. The Hall–Kier alpha value is -1.68. The third kappa shape index (κ3) is 3.86. The second kappa shape index (κ2) is 8.43. The molecule has 0 amide bonds. The van der Waals surface area contributed by atoms with Gasteiger partial charge >= 0.3 is 0 Å². The highest BCUT2D eigenvalue weighted by atomic mass is 35.5. The lowest BCUT2D eigenvalue weighted by molar-refractivity contribution is 0.455. The zero-order chi connectivity index (χ0) is 14.8. The summed E-state index contributed by atoms with van der Waals surface area (Å²) in [6, 6.07) is 16.8. The molecule has 0 radical (unpaired) electrons. The third-order valence-corrected chi connectivity index (χ3v) is 4.38. The minimum atomic E-state index is 0. The highest BCUT2D eigenvalue weighted by Gasteiger charge is 2.16. The molecule has 4 rings (SSSR count). The molecule has 3 heterocycles. The molecule has 0 spiro atoms. The van der Waals surface area contributed by atoms with Gasteiger partial charge in [-0.2, -0.15) is 0 Å². The number of hydrogen-bond donors (Lipinski definition) is 1. The van der Waals surface area contributed by atoms with E-state index in [1.54, 1.807) is 0 Å². The van der Waals surface area contributed by atoms with E-state index in [1.165, 1.54) is 18.5 Å². The number of hydrogen-bond acceptors (Lipinski definition) is 3. The zero-order valence-electron chi connectivity index (χ0n) is 13.3. The van der Waals surface area contributed by atoms with E-state index < -0.39 is 0 Å². The Morgan fingerprint density at radius 2 is 1.92 bits per heavy atom. The molecule has 0 bridgehead atoms. The van der Waals surface area contributed by atoms with Crippen LogP contribution in [0, 0.1) is 0 Å². The molecule has 1 aliphatic heterocycles. The summed E-state index contributed by atoms with van der Waals surface area (Å²) in [5, 5.41) is 4.63. The van der Waals surface area contributed by atoms with E-state index in [4.69, 9.17) is 4.98 Å². The van der Waals surface area contributed by atoms with Crippen LogP contribution in [-0.4, -0.2) is 23.1 Å². The van der Waals surface area contributed by atoms with Crippen LogP contribution in [0.25, 0.3) is 22.2 Å². The average Bonchev–Trinajstić information content (AvgIpc) is 2.62. The van der Waals surface area contributed by atoms with Crippen molar-refractivity contribution in [1.82, 2.24) is 15.3 Å². The van der Waals surface area contributed by atoms with Crippen LogP contribution in [0.3, 0.4) is 0 Å². The van der Waals surface area contributed by atoms with Crippen LogP contribution in [0.4, 0.5) is 0 Å². The second-order valence-corrected chi connectivity index (χ2v) is 5.90. The van der Waals surface area contributed by atoms with Crippen LogP contribution < -0.4 is 5.32 Å². The number of pyridine rings is 2. The van der Waals surface area contributed by atoms with Crippen LogP contribution >= 0.6 is 24.8 Å². The number of nitrogens with zero attached hydrogens (tertiary/aromatic N) is 2. The molecule has 1 aromatic carbocycles. The largest absolute Gasteiger partial charge is 0.316 e. The van der Waals surface area contributed by atoms with Crippen LogP contribution in [-0.2, 0) is 0 Å². The zero-order valence-corrected chi connectivity index (χ0v) is 14.9. The number of benzene rings is 1. The van der Waals surface area contributed by atoms with Crippen molar-refractivity contribution < 1.29 is 0 Å². The highest BCUT2D eigenvalue weighted by Crippen LogP contribution is 2.26. The SMILES string of the molecule is Cl.Cl.c1cc(-c2ccc3ncccc3c2)nc(C2CCCNC2)c1. The minimum Gasteiger partial charge on any atom is -0.316 e. The van der Waals surface area contributed by atoms with Gasteiger partial charge in [-0.15, -0.1) is 24.8 Å². The Morgan fingerprint density at radius 1 is 1.00 bits per heavy atom. The first-order valence-corrected chi connectivity index (χ1v) is 7.93. The lowest BCUT2D eigenvalue weighted by atomic mass is 9.95. The van der Waals surface area contributed by atoms with Crippen molar-refractivity contribution in [3.63, 3.8) is 0 Å². The molecule has 0 saturated carbocycles. The molecule has 1 saturated heterocycles. The maximum Gasteiger partial charge on any atom is 0.0705 e. The average molecular weight is 362 g/mol. The molecule has 1 fully saturated rings. The molecule has 3 nitrogen and oxygen atoms in total. The molecule has 1 unspecified atom stereocenters. The summed E-state index contributed by atoms with van der Waals surface area (Å²) in [5.74, 6) is 0.538. The van der Waals surface area contributed by atoms with Crippen LogP contribution in [0.5, 0.6) is 0 Å². The molecule has 0 aliphatic carbocycles. The fourth-order valence-electron chi connectivity index (χ4n) is 3.18. The van der Waals surface area contributed by atoms with Gasteiger partial charge in [0, 0.05) is 35.3 Å². The predicted octanol–water partition coefficient (Wildman–Crippen LogP) is 4.61. The minimum absolute atomic E-state index is 0. The fourth-order valence-corrected chi connectivity index (χ4v) is 3.18. The smallest absolute Gasteiger partial charge is 0.0705 e. The van der Waals surface area contributed by atoms with Gasteiger partial charge in [-0.3, -0.25) is 9.97 Å². The van der Waals surface area contributed by atoms with Crippen LogP contribution in [0.15, 0.2) is 54.7 Å². The number of halogens is 2. The fraction of sp³-hybridized carbons (Fsp3) is 0.263. The summed E-state index contributed by atoms with van der Waals surface area (Å²) in [6.07, 6.45) is 4.29. The van der Waals surface area contributed by atoms with E-state index >= 15 is 0 Å². The van der Waals surface area contributed by atoms with E-state index in [0.717, 1.165) is 35.2 Å². The van der Waals surface area contributed by atoms with E-state index in [0.29, 0.717) is 5.92 Å². The molecule has 3 aromatic rings. The molecule has 1 N–H and O–H groups in total. The molecular weight excluding hydrogens is 341 g/mol. The monoisotopic (exact) mass is 361 g/mol. The normalized spacial score (nSPS) is 16.9. The number of piperidine rings is 1. The number of rotatable bonds is 2. The second-order valence-electron chi connectivity index (χ2n) is 5.90. The number of fused-ring (bicyclic) bond motifs is 1.